The van der Waals surface area contributed by atoms with E-state index in [1.807, 2.05) is 0 Å². The SMILES string of the molecule is COc1c(CO)cc(Cl)cc1[SH+]O. The van der Waals surface area contributed by atoms with Crippen molar-refractivity contribution in [3.05, 3.63) is 22.7 Å². The Kier molecular flexibility index (Phi) is 3.87. The van der Waals surface area contributed by atoms with Crippen molar-refractivity contribution in [1.29, 1.82) is 0 Å². The van der Waals surface area contributed by atoms with Crippen LogP contribution in [0.25, 0.3) is 0 Å². The molecule has 0 aromatic heterocycles. The van der Waals surface area contributed by atoms with Gasteiger partial charge in [-0.3, -0.25) is 0 Å². The number of methoxy groups -OCH3 is 1. The van der Waals surface area contributed by atoms with Crippen molar-refractivity contribution in [2.75, 3.05) is 7.11 Å². The molecule has 3 nitrogen and oxygen atoms in total. The third kappa shape index (κ3) is 2.28. The van der Waals surface area contributed by atoms with E-state index in [1.54, 1.807) is 12.1 Å². The summed E-state index contributed by atoms with van der Waals surface area (Å²) in [5.41, 5.74) is 0.576. The lowest BCUT2D eigenvalue weighted by molar-refractivity contribution is 0.272. The molecule has 0 unspecified atom stereocenters. The van der Waals surface area contributed by atoms with Crippen molar-refractivity contribution in [3.8, 4) is 5.75 Å². The van der Waals surface area contributed by atoms with Crippen molar-refractivity contribution in [3.63, 3.8) is 0 Å². The molecule has 1 aromatic carbocycles. The number of hydrogen-bond donors (Lipinski definition) is 2. The summed E-state index contributed by atoms with van der Waals surface area (Å²) < 4.78 is 14.0. The molecule has 0 radical (unpaired) electrons. The summed E-state index contributed by atoms with van der Waals surface area (Å²) in [6, 6.07) is 3.20. The smallest absolute Gasteiger partial charge is 0.231 e. The van der Waals surface area contributed by atoms with Gasteiger partial charge in [0.25, 0.3) is 0 Å². The molecule has 0 saturated heterocycles. The summed E-state index contributed by atoms with van der Waals surface area (Å²) in [5.74, 6) is 0.482. The molecule has 2 N–H and O–H groups in total. The molecular weight excluding hydrogens is 212 g/mol. The average Bonchev–Trinajstić information content (AvgIpc) is 2.16. The molecule has 0 aliphatic carbocycles. The molecule has 1 aromatic rings. The zero-order valence-corrected chi connectivity index (χ0v) is 8.64. The van der Waals surface area contributed by atoms with Crippen LogP contribution >= 0.6 is 11.6 Å². The largest absolute Gasteiger partial charge is 0.491 e. The van der Waals surface area contributed by atoms with Gasteiger partial charge < -0.3 is 9.84 Å². The quantitative estimate of drug-likeness (QED) is 0.601. The fraction of sp³-hybridized carbons (Fsp3) is 0.250. The molecule has 0 heterocycles. The Hall–Kier alpha value is -0.420. The van der Waals surface area contributed by atoms with Gasteiger partial charge in [-0.05, 0) is 6.07 Å². The number of hydrogen-bond acceptors (Lipinski definition) is 3. The van der Waals surface area contributed by atoms with Crippen LogP contribution in [0.4, 0.5) is 0 Å². The molecule has 0 bridgehead atoms. The van der Waals surface area contributed by atoms with E-state index >= 15 is 0 Å². The minimum absolute atomic E-state index is 0.0770. The molecule has 0 aliphatic rings. The first-order chi connectivity index (χ1) is 6.22. The second kappa shape index (κ2) is 4.72. The van der Waals surface area contributed by atoms with E-state index in [-0.39, 0.29) is 18.6 Å². The van der Waals surface area contributed by atoms with Crippen molar-refractivity contribution in [2.24, 2.45) is 0 Å². The molecule has 13 heavy (non-hydrogen) atoms. The number of thiol groups is 1. The van der Waals surface area contributed by atoms with Crippen LogP contribution < -0.4 is 4.74 Å². The summed E-state index contributed by atoms with van der Waals surface area (Å²) >= 11 is 5.83. The maximum atomic E-state index is 8.97. The standard InChI is InChI=1S/C8H9ClO3S/c1-12-8-5(4-10)2-6(9)3-7(8)13-11/h2-3,10-11H,4H2,1H3/p+1. The fourth-order valence-corrected chi connectivity index (χ4v) is 1.90. The molecular formula is C8H10ClO3S+. The number of ether oxygens (including phenoxy) is 1. The highest BCUT2D eigenvalue weighted by Crippen LogP contribution is 2.29. The Morgan fingerprint density at radius 2 is 2.23 bits per heavy atom. The molecule has 72 valence electrons. The topological polar surface area (TPSA) is 49.7 Å². The first-order valence-corrected chi connectivity index (χ1v) is 4.77. The van der Waals surface area contributed by atoms with E-state index in [0.29, 0.717) is 21.2 Å². The van der Waals surface area contributed by atoms with E-state index in [4.69, 9.17) is 26.0 Å². The Balaban J connectivity index is 3.25. The van der Waals surface area contributed by atoms with Gasteiger partial charge in [0.2, 0.25) is 4.90 Å². The van der Waals surface area contributed by atoms with E-state index in [1.165, 1.54) is 7.11 Å². The summed E-state index contributed by atoms with van der Waals surface area (Å²) in [4.78, 5) is 0.555. The fourth-order valence-electron chi connectivity index (χ4n) is 1.06. The molecule has 0 spiro atoms. The zero-order chi connectivity index (χ0) is 9.84. The van der Waals surface area contributed by atoms with Gasteiger partial charge in [0.05, 0.1) is 13.7 Å². The van der Waals surface area contributed by atoms with E-state index in [0.717, 1.165) is 0 Å². The Morgan fingerprint density at radius 1 is 1.54 bits per heavy atom. The van der Waals surface area contributed by atoms with Crippen LogP contribution in [0.5, 0.6) is 5.75 Å². The predicted octanol–water partition coefficient (Wildman–Crippen LogP) is 1.49. The molecule has 0 aliphatic heterocycles. The van der Waals surface area contributed by atoms with E-state index in [9.17, 15) is 0 Å². The molecule has 0 fully saturated rings. The predicted molar refractivity (Wildman–Crippen MR) is 53.6 cm³/mol. The normalized spacial score (nSPS) is 10.2. The van der Waals surface area contributed by atoms with Crippen LogP contribution in [0, 0.1) is 0 Å². The second-order valence-electron chi connectivity index (χ2n) is 2.38. The molecule has 5 heteroatoms. The lowest BCUT2D eigenvalue weighted by atomic mass is 10.2. The first-order valence-electron chi connectivity index (χ1n) is 3.55. The van der Waals surface area contributed by atoms with Gasteiger partial charge in [-0.15, -0.1) is 0 Å². The van der Waals surface area contributed by atoms with Crippen molar-refractivity contribution in [1.82, 2.24) is 0 Å². The third-order valence-electron chi connectivity index (χ3n) is 1.59. The number of halogens is 1. The molecule has 0 atom stereocenters. The van der Waals surface area contributed by atoms with E-state index < -0.39 is 0 Å². The van der Waals surface area contributed by atoms with Gasteiger partial charge in [-0.25, -0.2) is 0 Å². The second-order valence-corrected chi connectivity index (χ2v) is 3.49. The monoisotopic (exact) mass is 221 g/mol. The van der Waals surface area contributed by atoms with Crippen LogP contribution in [0.1, 0.15) is 5.56 Å². The lowest BCUT2D eigenvalue weighted by Crippen LogP contribution is -1.96. The number of rotatable bonds is 3. The van der Waals surface area contributed by atoms with Crippen LogP contribution in [0.2, 0.25) is 5.02 Å². The van der Waals surface area contributed by atoms with Gasteiger partial charge in [-0.2, -0.15) is 4.55 Å². The van der Waals surface area contributed by atoms with Crippen LogP contribution in [-0.2, 0) is 18.6 Å². The lowest BCUT2D eigenvalue weighted by Gasteiger charge is -2.06. The zero-order valence-electron chi connectivity index (χ0n) is 6.99. The first kappa shape index (κ1) is 10.7. The Morgan fingerprint density at radius 3 is 2.69 bits per heavy atom. The number of benzene rings is 1. The van der Waals surface area contributed by atoms with E-state index in [2.05, 4.69) is 0 Å². The molecule has 1 rings (SSSR count). The number of aliphatic hydroxyl groups is 1. The Labute approximate surface area is 85.5 Å². The maximum absolute atomic E-state index is 8.97. The number of aliphatic hydroxyl groups excluding tert-OH is 1. The Bertz CT molecular complexity index is 278. The highest BCUT2D eigenvalue weighted by Gasteiger charge is 2.15. The van der Waals surface area contributed by atoms with Gasteiger partial charge in [-0.1, -0.05) is 11.6 Å². The van der Waals surface area contributed by atoms with Gasteiger partial charge in [0, 0.05) is 16.7 Å². The van der Waals surface area contributed by atoms with Gasteiger partial charge in [0.1, 0.15) is 0 Å². The summed E-state index contributed by atoms with van der Waals surface area (Å²) in [6.45, 7) is -0.160. The van der Waals surface area contributed by atoms with Gasteiger partial charge >= 0.3 is 0 Å². The van der Waals surface area contributed by atoms with Crippen molar-refractivity contribution in [2.45, 2.75) is 11.5 Å². The van der Waals surface area contributed by atoms with Crippen LogP contribution in [0.15, 0.2) is 17.0 Å². The summed E-state index contributed by atoms with van der Waals surface area (Å²) in [6.07, 6.45) is 0. The summed E-state index contributed by atoms with van der Waals surface area (Å²) in [5, 5.41) is 9.44. The van der Waals surface area contributed by atoms with Gasteiger partial charge in [0.15, 0.2) is 17.8 Å². The summed E-state index contributed by atoms with van der Waals surface area (Å²) in [7, 11) is 1.48. The molecule has 0 amide bonds. The van der Waals surface area contributed by atoms with Crippen LogP contribution in [0.3, 0.4) is 0 Å². The third-order valence-corrected chi connectivity index (χ3v) is 2.36. The van der Waals surface area contributed by atoms with Crippen molar-refractivity contribution >= 4 is 23.6 Å². The minimum Gasteiger partial charge on any atom is -0.491 e. The maximum Gasteiger partial charge on any atom is 0.231 e. The van der Waals surface area contributed by atoms with Crippen molar-refractivity contribution < 1.29 is 14.4 Å². The minimum atomic E-state index is -0.160. The van der Waals surface area contributed by atoms with Crippen LogP contribution in [-0.4, -0.2) is 16.8 Å². The molecule has 0 saturated carbocycles. The highest BCUT2D eigenvalue weighted by atomic mass is 35.5. The average molecular weight is 222 g/mol. The highest BCUT2D eigenvalue weighted by molar-refractivity contribution is 7.72.